The smallest absolute Gasteiger partial charge is 0.307 e. The van der Waals surface area contributed by atoms with Gasteiger partial charge in [-0.25, -0.2) is 0 Å². The van der Waals surface area contributed by atoms with Crippen LogP contribution in [0.2, 0.25) is 0 Å². The fourth-order valence-corrected chi connectivity index (χ4v) is 1.43. The Bertz CT molecular complexity index is 144. The molecule has 0 rings (SSSR count). The Hall–Kier alpha value is -0.570. The molecule has 0 aromatic carbocycles. The van der Waals surface area contributed by atoms with Crippen LogP contribution < -0.4 is 0 Å². The number of rotatable bonds is 7. The molecule has 78 valence electrons. The number of aliphatic carboxylic acids is 1. The third-order valence-electron chi connectivity index (χ3n) is 2.36. The fraction of sp³-hybridized carbons (Fsp3) is 0.900. The highest BCUT2D eigenvalue weighted by atomic mass is 16.4. The van der Waals surface area contributed by atoms with Crippen LogP contribution in [0, 0.1) is 5.92 Å². The molecule has 1 N–H and O–H groups in total. The highest BCUT2D eigenvalue weighted by molar-refractivity contribution is 5.70. The number of carboxylic acids is 1. The van der Waals surface area contributed by atoms with Crippen LogP contribution in [0.5, 0.6) is 0 Å². The maximum Gasteiger partial charge on any atom is 0.307 e. The molecule has 3 nitrogen and oxygen atoms in total. The Kier molecular flexibility index (Phi) is 6.59. The topological polar surface area (TPSA) is 40.5 Å². The lowest BCUT2D eigenvalue weighted by molar-refractivity contribution is -0.142. The van der Waals surface area contributed by atoms with Crippen molar-refractivity contribution in [1.29, 1.82) is 0 Å². The molecule has 3 heteroatoms. The molecule has 1 unspecified atom stereocenters. The van der Waals surface area contributed by atoms with Crippen molar-refractivity contribution in [3.63, 3.8) is 0 Å². The van der Waals surface area contributed by atoms with Gasteiger partial charge in [0.15, 0.2) is 0 Å². The van der Waals surface area contributed by atoms with Gasteiger partial charge in [-0.2, -0.15) is 0 Å². The Labute approximate surface area is 80.7 Å². The van der Waals surface area contributed by atoms with Crippen molar-refractivity contribution in [3.05, 3.63) is 0 Å². The molecule has 0 aliphatic rings. The van der Waals surface area contributed by atoms with E-state index in [1.807, 2.05) is 6.92 Å². The third kappa shape index (κ3) is 4.88. The van der Waals surface area contributed by atoms with Crippen molar-refractivity contribution in [3.8, 4) is 0 Å². The maximum atomic E-state index is 10.8. The predicted octanol–water partition coefficient (Wildman–Crippen LogP) is 1.83. The van der Waals surface area contributed by atoms with Gasteiger partial charge in [0, 0.05) is 6.54 Å². The molecule has 0 spiro atoms. The van der Waals surface area contributed by atoms with Gasteiger partial charge < -0.3 is 10.0 Å². The van der Waals surface area contributed by atoms with Crippen molar-refractivity contribution in [1.82, 2.24) is 4.90 Å². The minimum absolute atomic E-state index is 0.190. The average Bonchev–Trinajstić information content (AvgIpc) is 2.11. The highest BCUT2D eigenvalue weighted by Gasteiger charge is 2.18. The van der Waals surface area contributed by atoms with Crippen LogP contribution in [0.1, 0.15) is 33.6 Å². The first-order valence-electron chi connectivity index (χ1n) is 5.10. The van der Waals surface area contributed by atoms with Gasteiger partial charge in [-0.1, -0.05) is 27.2 Å². The summed E-state index contributed by atoms with van der Waals surface area (Å²) in [5.41, 5.74) is 0. The Balaban J connectivity index is 3.99. The Morgan fingerprint density at radius 1 is 1.31 bits per heavy atom. The summed E-state index contributed by atoms with van der Waals surface area (Å²) >= 11 is 0. The molecule has 0 fully saturated rings. The van der Waals surface area contributed by atoms with Crippen molar-refractivity contribution >= 4 is 5.97 Å². The molecule has 0 saturated carbocycles. The van der Waals surface area contributed by atoms with E-state index in [4.69, 9.17) is 5.11 Å². The molecule has 0 aromatic heterocycles. The van der Waals surface area contributed by atoms with Crippen LogP contribution in [0.3, 0.4) is 0 Å². The summed E-state index contributed by atoms with van der Waals surface area (Å²) in [5, 5.41) is 8.92. The first-order valence-corrected chi connectivity index (χ1v) is 5.10. The molecule has 0 aromatic rings. The highest BCUT2D eigenvalue weighted by Crippen LogP contribution is 2.08. The van der Waals surface area contributed by atoms with Crippen LogP contribution in [0.15, 0.2) is 0 Å². The number of hydrogen-bond donors (Lipinski definition) is 1. The van der Waals surface area contributed by atoms with E-state index < -0.39 is 5.97 Å². The van der Waals surface area contributed by atoms with Crippen LogP contribution in [-0.2, 0) is 4.79 Å². The van der Waals surface area contributed by atoms with Crippen molar-refractivity contribution < 1.29 is 9.90 Å². The number of carbonyl (C=O) groups is 1. The van der Waals surface area contributed by atoms with Gasteiger partial charge in [0.05, 0.1) is 5.92 Å². The summed E-state index contributed by atoms with van der Waals surface area (Å²) in [7, 11) is 0. The zero-order valence-corrected chi connectivity index (χ0v) is 8.92. The quantitative estimate of drug-likeness (QED) is 0.661. The minimum Gasteiger partial charge on any atom is -0.481 e. The first-order chi connectivity index (χ1) is 6.15. The van der Waals surface area contributed by atoms with E-state index in [-0.39, 0.29) is 5.92 Å². The van der Waals surface area contributed by atoms with E-state index in [0.29, 0.717) is 6.54 Å². The molecule has 0 amide bonds. The molecular weight excluding hydrogens is 166 g/mol. The van der Waals surface area contributed by atoms with E-state index >= 15 is 0 Å². The molecule has 0 radical (unpaired) electrons. The number of nitrogens with zero attached hydrogens (tertiary/aromatic N) is 1. The Morgan fingerprint density at radius 2 is 1.85 bits per heavy atom. The number of hydrogen-bond acceptors (Lipinski definition) is 2. The Morgan fingerprint density at radius 3 is 2.15 bits per heavy atom. The monoisotopic (exact) mass is 187 g/mol. The van der Waals surface area contributed by atoms with Crippen LogP contribution in [-0.4, -0.2) is 35.6 Å². The predicted molar refractivity (Wildman–Crippen MR) is 53.8 cm³/mol. The zero-order valence-electron chi connectivity index (χ0n) is 8.92. The van der Waals surface area contributed by atoms with Gasteiger partial charge in [0.25, 0.3) is 0 Å². The van der Waals surface area contributed by atoms with Gasteiger partial charge in [-0.3, -0.25) is 4.79 Å². The van der Waals surface area contributed by atoms with E-state index in [1.54, 1.807) is 0 Å². The number of carboxylic acid groups (broad SMARTS) is 1. The first kappa shape index (κ1) is 12.4. The second-order valence-corrected chi connectivity index (χ2v) is 3.31. The van der Waals surface area contributed by atoms with Gasteiger partial charge in [-0.05, 0) is 19.5 Å². The normalized spacial score (nSPS) is 13.2. The van der Waals surface area contributed by atoms with Crippen LogP contribution in [0.4, 0.5) is 0 Å². The summed E-state index contributed by atoms with van der Waals surface area (Å²) in [6, 6.07) is 0. The minimum atomic E-state index is -0.659. The molecule has 0 aliphatic heterocycles. The molecule has 13 heavy (non-hydrogen) atoms. The summed E-state index contributed by atoms with van der Waals surface area (Å²) in [6.45, 7) is 8.71. The SMILES string of the molecule is CCCC(CN(CC)CC)C(=O)O. The summed E-state index contributed by atoms with van der Waals surface area (Å²) < 4.78 is 0. The van der Waals surface area contributed by atoms with Gasteiger partial charge in [0.1, 0.15) is 0 Å². The van der Waals surface area contributed by atoms with E-state index in [0.717, 1.165) is 25.9 Å². The van der Waals surface area contributed by atoms with E-state index in [1.165, 1.54) is 0 Å². The summed E-state index contributed by atoms with van der Waals surface area (Å²) in [6.07, 6.45) is 1.73. The third-order valence-corrected chi connectivity index (χ3v) is 2.36. The van der Waals surface area contributed by atoms with Crippen molar-refractivity contribution in [2.24, 2.45) is 5.92 Å². The summed E-state index contributed by atoms with van der Waals surface area (Å²) in [4.78, 5) is 13.0. The molecule has 0 aliphatic carbocycles. The van der Waals surface area contributed by atoms with Crippen molar-refractivity contribution in [2.45, 2.75) is 33.6 Å². The van der Waals surface area contributed by atoms with Gasteiger partial charge in [0.2, 0.25) is 0 Å². The molecule has 0 bridgehead atoms. The lowest BCUT2D eigenvalue weighted by Gasteiger charge is -2.22. The molecular formula is C10H21NO2. The maximum absolute atomic E-state index is 10.8. The largest absolute Gasteiger partial charge is 0.481 e. The zero-order chi connectivity index (χ0) is 10.3. The molecule has 0 saturated heterocycles. The summed E-state index contributed by atoms with van der Waals surface area (Å²) in [5.74, 6) is -0.848. The molecule has 0 heterocycles. The lowest BCUT2D eigenvalue weighted by Crippen LogP contribution is -2.32. The average molecular weight is 187 g/mol. The fourth-order valence-electron chi connectivity index (χ4n) is 1.43. The standard InChI is InChI=1S/C10H21NO2/c1-4-7-9(10(12)13)8-11(5-2)6-3/h9H,4-8H2,1-3H3,(H,12,13). The second kappa shape index (κ2) is 6.89. The van der Waals surface area contributed by atoms with Crippen LogP contribution in [0.25, 0.3) is 0 Å². The van der Waals surface area contributed by atoms with E-state index in [2.05, 4.69) is 18.7 Å². The van der Waals surface area contributed by atoms with Crippen molar-refractivity contribution in [2.75, 3.05) is 19.6 Å². The lowest BCUT2D eigenvalue weighted by atomic mass is 10.0. The van der Waals surface area contributed by atoms with E-state index in [9.17, 15) is 4.79 Å². The van der Waals surface area contributed by atoms with Gasteiger partial charge in [-0.15, -0.1) is 0 Å². The second-order valence-electron chi connectivity index (χ2n) is 3.31. The molecule has 1 atom stereocenters. The van der Waals surface area contributed by atoms with Crippen LogP contribution >= 0.6 is 0 Å². The van der Waals surface area contributed by atoms with Gasteiger partial charge >= 0.3 is 5.97 Å².